The predicted molar refractivity (Wildman–Crippen MR) is 57.1 cm³/mol. The summed E-state index contributed by atoms with van der Waals surface area (Å²) in [6.07, 6.45) is 0.340. The minimum atomic E-state index is -0.428. The Labute approximate surface area is 87.9 Å². The number of nitrogens with two attached hydrogens (primary N) is 1. The molecule has 0 radical (unpaired) electrons. The van der Waals surface area contributed by atoms with Crippen LogP contribution in [0.4, 0.5) is 11.4 Å². The number of hydrogen-bond acceptors (Lipinski definition) is 3. The number of amides is 1. The van der Waals surface area contributed by atoms with Gasteiger partial charge in [-0.15, -0.1) is 0 Å². The Morgan fingerprint density at radius 3 is 3.00 bits per heavy atom. The van der Waals surface area contributed by atoms with Crippen molar-refractivity contribution >= 4 is 17.3 Å². The van der Waals surface area contributed by atoms with Crippen LogP contribution in [0.3, 0.4) is 0 Å². The van der Waals surface area contributed by atoms with E-state index in [9.17, 15) is 4.79 Å². The summed E-state index contributed by atoms with van der Waals surface area (Å²) in [7, 11) is 0. The molecule has 0 aliphatic carbocycles. The lowest BCUT2D eigenvalue weighted by Crippen LogP contribution is -2.34. The second kappa shape index (κ2) is 3.28. The molecule has 4 heteroatoms. The van der Waals surface area contributed by atoms with Crippen LogP contribution in [0.15, 0.2) is 18.2 Å². The second-order valence-electron chi connectivity index (χ2n) is 3.63. The summed E-state index contributed by atoms with van der Waals surface area (Å²) < 4.78 is 0. The van der Waals surface area contributed by atoms with Crippen LogP contribution in [-0.4, -0.2) is 11.9 Å². The lowest BCUT2D eigenvalue weighted by molar-refractivity contribution is -0.117. The minimum absolute atomic E-state index is 0.0374. The van der Waals surface area contributed by atoms with E-state index in [0.29, 0.717) is 12.1 Å². The summed E-state index contributed by atoms with van der Waals surface area (Å²) in [6.45, 7) is 1.71. The molecule has 1 amide bonds. The predicted octanol–water partition coefficient (Wildman–Crippen LogP) is 1.07. The third-order valence-corrected chi connectivity index (χ3v) is 2.55. The fraction of sp³-hybridized carbons (Fsp3) is 0.273. The van der Waals surface area contributed by atoms with Crippen molar-refractivity contribution in [3.63, 3.8) is 0 Å². The van der Waals surface area contributed by atoms with Crippen molar-refractivity contribution in [3.05, 3.63) is 23.8 Å². The minimum Gasteiger partial charge on any atom is -0.399 e. The van der Waals surface area contributed by atoms with Crippen LogP contribution < -0.4 is 10.6 Å². The normalized spacial score (nSPS) is 16.0. The van der Waals surface area contributed by atoms with Crippen molar-refractivity contribution in [1.82, 2.24) is 0 Å². The summed E-state index contributed by atoms with van der Waals surface area (Å²) in [4.78, 5) is 13.2. The van der Waals surface area contributed by atoms with E-state index < -0.39 is 6.04 Å². The number of nitriles is 1. The Morgan fingerprint density at radius 2 is 2.33 bits per heavy atom. The van der Waals surface area contributed by atoms with Gasteiger partial charge < -0.3 is 5.73 Å². The number of carbonyl (C=O) groups is 1. The Kier molecular flexibility index (Phi) is 2.09. The van der Waals surface area contributed by atoms with Crippen LogP contribution in [0, 0.1) is 11.3 Å². The zero-order valence-electron chi connectivity index (χ0n) is 8.40. The molecular formula is C11H11N3O. The Hall–Kier alpha value is -2.02. The molecule has 2 N–H and O–H groups in total. The van der Waals surface area contributed by atoms with Gasteiger partial charge in [0.2, 0.25) is 5.91 Å². The molecule has 1 aromatic rings. The molecular weight excluding hydrogens is 190 g/mol. The monoisotopic (exact) mass is 201 g/mol. The fourth-order valence-electron chi connectivity index (χ4n) is 1.85. The number of fused-ring (bicyclic) bond motifs is 1. The summed E-state index contributed by atoms with van der Waals surface area (Å²) in [6, 6.07) is 6.97. The number of benzene rings is 1. The third kappa shape index (κ3) is 1.42. The van der Waals surface area contributed by atoms with Crippen molar-refractivity contribution in [2.75, 3.05) is 10.6 Å². The first kappa shape index (κ1) is 9.53. The maximum Gasteiger partial charge on any atom is 0.232 e. The molecule has 0 fully saturated rings. The van der Waals surface area contributed by atoms with E-state index in [1.165, 1.54) is 4.90 Å². The van der Waals surface area contributed by atoms with E-state index in [1.54, 1.807) is 25.1 Å². The Balaban J connectivity index is 2.47. The molecule has 0 bridgehead atoms. The second-order valence-corrected chi connectivity index (χ2v) is 3.63. The molecule has 1 aliphatic heterocycles. The third-order valence-electron chi connectivity index (χ3n) is 2.55. The van der Waals surface area contributed by atoms with E-state index in [2.05, 4.69) is 6.07 Å². The van der Waals surface area contributed by atoms with Crippen LogP contribution in [0.1, 0.15) is 12.5 Å². The number of anilines is 2. The molecule has 2 rings (SSSR count). The lowest BCUT2D eigenvalue weighted by Gasteiger charge is -2.19. The highest BCUT2D eigenvalue weighted by atomic mass is 16.2. The van der Waals surface area contributed by atoms with Gasteiger partial charge in [0.05, 0.1) is 12.5 Å². The van der Waals surface area contributed by atoms with E-state index >= 15 is 0 Å². The van der Waals surface area contributed by atoms with Gasteiger partial charge in [0, 0.05) is 11.4 Å². The zero-order chi connectivity index (χ0) is 11.0. The summed E-state index contributed by atoms with van der Waals surface area (Å²) in [5.74, 6) is -0.0374. The fourth-order valence-corrected chi connectivity index (χ4v) is 1.85. The molecule has 1 unspecified atom stereocenters. The van der Waals surface area contributed by atoms with Gasteiger partial charge in [-0.05, 0) is 30.7 Å². The summed E-state index contributed by atoms with van der Waals surface area (Å²) >= 11 is 0. The van der Waals surface area contributed by atoms with Crippen molar-refractivity contribution in [3.8, 4) is 6.07 Å². The molecule has 1 aromatic carbocycles. The highest BCUT2D eigenvalue weighted by Crippen LogP contribution is 2.31. The zero-order valence-corrected chi connectivity index (χ0v) is 8.40. The van der Waals surface area contributed by atoms with Crippen LogP contribution in [0.2, 0.25) is 0 Å². The van der Waals surface area contributed by atoms with E-state index in [0.717, 1.165) is 11.3 Å². The molecule has 1 heterocycles. The molecule has 0 spiro atoms. The van der Waals surface area contributed by atoms with Gasteiger partial charge in [0.25, 0.3) is 0 Å². The summed E-state index contributed by atoms with van der Waals surface area (Å²) in [5.41, 5.74) is 8.00. The van der Waals surface area contributed by atoms with Crippen molar-refractivity contribution < 1.29 is 4.79 Å². The topological polar surface area (TPSA) is 70.1 Å². The van der Waals surface area contributed by atoms with E-state index in [1.807, 2.05) is 0 Å². The quantitative estimate of drug-likeness (QED) is 0.691. The molecule has 0 aromatic heterocycles. The Bertz CT molecular complexity index is 461. The molecule has 0 saturated carbocycles. The van der Waals surface area contributed by atoms with Gasteiger partial charge in [-0.25, -0.2) is 0 Å². The van der Waals surface area contributed by atoms with E-state index in [4.69, 9.17) is 11.0 Å². The molecule has 4 nitrogen and oxygen atoms in total. The SMILES string of the molecule is CC(C#N)N1C(=O)Cc2cc(N)ccc21. The number of hydrogen-bond donors (Lipinski definition) is 1. The van der Waals surface area contributed by atoms with Crippen LogP contribution in [-0.2, 0) is 11.2 Å². The van der Waals surface area contributed by atoms with Crippen molar-refractivity contribution in [2.24, 2.45) is 0 Å². The smallest absolute Gasteiger partial charge is 0.232 e. The average molecular weight is 201 g/mol. The molecule has 15 heavy (non-hydrogen) atoms. The average Bonchev–Trinajstić information content (AvgIpc) is 2.52. The maximum atomic E-state index is 11.7. The van der Waals surface area contributed by atoms with Gasteiger partial charge in [0.1, 0.15) is 6.04 Å². The lowest BCUT2D eigenvalue weighted by atomic mass is 10.1. The maximum absolute atomic E-state index is 11.7. The van der Waals surface area contributed by atoms with Gasteiger partial charge >= 0.3 is 0 Å². The number of nitrogens with zero attached hydrogens (tertiary/aromatic N) is 2. The van der Waals surface area contributed by atoms with Gasteiger partial charge in [0.15, 0.2) is 0 Å². The highest BCUT2D eigenvalue weighted by molar-refractivity contribution is 6.02. The van der Waals surface area contributed by atoms with Gasteiger partial charge in [-0.1, -0.05) is 0 Å². The molecule has 1 aliphatic rings. The van der Waals surface area contributed by atoms with Crippen LogP contribution in [0.25, 0.3) is 0 Å². The largest absolute Gasteiger partial charge is 0.399 e. The standard InChI is InChI=1S/C11H11N3O/c1-7(6-12)14-10-3-2-9(13)4-8(10)5-11(14)15/h2-4,7H,5,13H2,1H3. The van der Waals surface area contributed by atoms with Crippen molar-refractivity contribution in [1.29, 1.82) is 5.26 Å². The number of nitrogen functional groups attached to an aromatic ring is 1. The number of carbonyl (C=O) groups excluding carboxylic acids is 1. The van der Waals surface area contributed by atoms with Gasteiger partial charge in [-0.2, -0.15) is 5.26 Å². The first-order chi connectivity index (χ1) is 7.13. The van der Waals surface area contributed by atoms with Gasteiger partial charge in [-0.3, -0.25) is 9.69 Å². The number of rotatable bonds is 1. The molecule has 1 atom stereocenters. The van der Waals surface area contributed by atoms with Crippen LogP contribution in [0.5, 0.6) is 0 Å². The Morgan fingerprint density at radius 1 is 1.60 bits per heavy atom. The van der Waals surface area contributed by atoms with E-state index in [-0.39, 0.29) is 5.91 Å². The van der Waals surface area contributed by atoms with Crippen molar-refractivity contribution in [2.45, 2.75) is 19.4 Å². The molecule has 0 saturated heterocycles. The molecule has 76 valence electrons. The first-order valence-electron chi connectivity index (χ1n) is 4.73. The first-order valence-corrected chi connectivity index (χ1v) is 4.73. The summed E-state index contributed by atoms with van der Waals surface area (Å²) in [5, 5.41) is 8.82. The highest BCUT2D eigenvalue weighted by Gasteiger charge is 2.30. The van der Waals surface area contributed by atoms with Crippen LogP contribution >= 0.6 is 0 Å².